The van der Waals surface area contributed by atoms with Crippen LogP contribution >= 0.6 is 0 Å². The van der Waals surface area contributed by atoms with E-state index in [0.717, 1.165) is 16.0 Å². The van der Waals surface area contributed by atoms with E-state index in [1.54, 1.807) is 45.9 Å². The van der Waals surface area contributed by atoms with Crippen molar-refractivity contribution >= 4 is 29.3 Å². The first kappa shape index (κ1) is 21.4. The Hall–Kier alpha value is -3.35. The molecule has 2 aromatic rings. The van der Waals surface area contributed by atoms with Gasteiger partial charge in [0.15, 0.2) is 0 Å². The standard InChI is InChI=1S/C23H27N3O4/c1-13-15-9-6-7-10-16(15)19-17(24)11-8-12-18(19)26(20(13)27)21(28)14(2)25-22(29)30-23(3,4)5/h6-14H,24H2,1-5H3,(H,25,29)/t13-,14+/m1/s1. The first-order valence-corrected chi connectivity index (χ1v) is 9.86. The van der Waals surface area contributed by atoms with Crippen LogP contribution in [0.3, 0.4) is 0 Å². The van der Waals surface area contributed by atoms with Gasteiger partial charge in [-0.15, -0.1) is 0 Å². The third-order valence-electron chi connectivity index (χ3n) is 4.93. The van der Waals surface area contributed by atoms with Crippen LogP contribution in [-0.4, -0.2) is 29.6 Å². The number of nitrogens with two attached hydrogens (primary N) is 1. The number of imide groups is 1. The van der Waals surface area contributed by atoms with Crippen molar-refractivity contribution < 1.29 is 19.1 Å². The second-order valence-corrected chi connectivity index (χ2v) is 8.43. The second-order valence-electron chi connectivity index (χ2n) is 8.43. The fraction of sp³-hybridized carbons (Fsp3) is 0.348. The molecule has 1 aliphatic rings. The third kappa shape index (κ3) is 4.01. The number of fused-ring (bicyclic) bond motifs is 3. The van der Waals surface area contributed by atoms with Gasteiger partial charge in [-0.1, -0.05) is 30.3 Å². The smallest absolute Gasteiger partial charge is 0.408 e. The van der Waals surface area contributed by atoms with Crippen LogP contribution in [0.5, 0.6) is 0 Å². The molecule has 30 heavy (non-hydrogen) atoms. The number of nitrogen functional groups attached to an aromatic ring is 1. The number of benzene rings is 2. The average molecular weight is 409 g/mol. The van der Waals surface area contributed by atoms with Gasteiger partial charge < -0.3 is 15.8 Å². The normalized spacial score (nSPS) is 16.8. The Morgan fingerprint density at radius 2 is 1.80 bits per heavy atom. The molecule has 3 amide bonds. The van der Waals surface area contributed by atoms with Crippen molar-refractivity contribution in [1.29, 1.82) is 0 Å². The molecular formula is C23H27N3O4. The molecule has 0 saturated carbocycles. The highest BCUT2D eigenvalue weighted by atomic mass is 16.6. The van der Waals surface area contributed by atoms with Gasteiger partial charge in [-0.05, 0) is 57.9 Å². The van der Waals surface area contributed by atoms with Crippen LogP contribution in [0.1, 0.15) is 46.1 Å². The molecule has 0 saturated heterocycles. The number of hydrogen-bond donors (Lipinski definition) is 2. The van der Waals surface area contributed by atoms with Crippen molar-refractivity contribution in [2.45, 2.75) is 52.2 Å². The van der Waals surface area contributed by atoms with Gasteiger partial charge in [0.05, 0.1) is 11.6 Å². The maximum Gasteiger partial charge on any atom is 0.408 e. The Balaban J connectivity index is 2.03. The number of anilines is 2. The molecule has 158 valence electrons. The zero-order chi connectivity index (χ0) is 22.2. The van der Waals surface area contributed by atoms with E-state index in [0.29, 0.717) is 16.9 Å². The molecule has 0 fully saturated rings. The summed E-state index contributed by atoms with van der Waals surface area (Å²) in [7, 11) is 0. The summed E-state index contributed by atoms with van der Waals surface area (Å²) in [6.07, 6.45) is -0.727. The van der Waals surface area contributed by atoms with Gasteiger partial charge in [0, 0.05) is 11.3 Å². The average Bonchev–Trinajstić information content (AvgIpc) is 2.74. The minimum Gasteiger partial charge on any atom is -0.444 e. The highest BCUT2D eigenvalue weighted by Gasteiger charge is 2.38. The van der Waals surface area contributed by atoms with E-state index in [4.69, 9.17) is 10.5 Å². The van der Waals surface area contributed by atoms with Crippen LogP contribution in [0.15, 0.2) is 42.5 Å². The molecule has 0 radical (unpaired) electrons. The summed E-state index contributed by atoms with van der Waals surface area (Å²) < 4.78 is 5.23. The summed E-state index contributed by atoms with van der Waals surface area (Å²) in [4.78, 5) is 40.0. The zero-order valence-corrected chi connectivity index (χ0v) is 17.9. The monoisotopic (exact) mass is 409 g/mol. The molecule has 0 bridgehead atoms. The quantitative estimate of drug-likeness (QED) is 0.734. The number of rotatable bonds is 2. The van der Waals surface area contributed by atoms with E-state index in [2.05, 4.69) is 5.32 Å². The summed E-state index contributed by atoms with van der Waals surface area (Å²) in [6.45, 7) is 8.48. The number of nitrogens with one attached hydrogen (secondary N) is 1. The minimum absolute atomic E-state index is 0.380. The first-order chi connectivity index (χ1) is 14.0. The van der Waals surface area contributed by atoms with Crippen molar-refractivity contribution in [3.8, 4) is 11.1 Å². The van der Waals surface area contributed by atoms with Crippen LogP contribution in [0.25, 0.3) is 11.1 Å². The van der Waals surface area contributed by atoms with E-state index < -0.39 is 29.6 Å². The molecule has 2 aromatic carbocycles. The molecule has 3 rings (SSSR count). The predicted molar refractivity (Wildman–Crippen MR) is 116 cm³/mol. The van der Waals surface area contributed by atoms with Crippen LogP contribution < -0.4 is 16.0 Å². The largest absolute Gasteiger partial charge is 0.444 e. The first-order valence-electron chi connectivity index (χ1n) is 9.86. The molecule has 0 aliphatic carbocycles. The lowest BCUT2D eigenvalue weighted by molar-refractivity contribution is -0.128. The lowest BCUT2D eigenvalue weighted by Crippen LogP contribution is -2.51. The van der Waals surface area contributed by atoms with Crippen LogP contribution in [-0.2, 0) is 14.3 Å². The molecule has 0 aromatic heterocycles. The maximum atomic E-state index is 13.4. The lowest BCUT2D eigenvalue weighted by Gasteiger charge is -2.27. The molecular weight excluding hydrogens is 382 g/mol. The fourth-order valence-electron chi connectivity index (χ4n) is 3.55. The summed E-state index contributed by atoms with van der Waals surface area (Å²) in [5.74, 6) is -1.50. The van der Waals surface area contributed by atoms with Crippen molar-refractivity contribution in [2.24, 2.45) is 0 Å². The Morgan fingerprint density at radius 3 is 2.47 bits per heavy atom. The van der Waals surface area contributed by atoms with Crippen LogP contribution in [0, 0.1) is 0 Å². The molecule has 7 nitrogen and oxygen atoms in total. The topological polar surface area (TPSA) is 102 Å². The number of hydrogen-bond acceptors (Lipinski definition) is 5. The summed E-state index contributed by atoms with van der Waals surface area (Å²) in [5, 5.41) is 2.52. The summed E-state index contributed by atoms with van der Waals surface area (Å²) in [5.41, 5.74) is 8.67. The number of carbonyl (C=O) groups excluding carboxylic acids is 3. The molecule has 2 atom stereocenters. The second kappa shape index (κ2) is 7.82. The molecule has 0 spiro atoms. The Kier molecular flexibility index (Phi) is 5.57. The van der Waals surface area contributed by atoms with Gasteiger partial charge >= 0.3 is 6.09 Å². The predicted octanol–water partition coefficient (Wildman–Crippen LogP) is 3.83. The Bertz CT molecular complexity index is 1010. The van der Waals surface area contributed by atoms with E-state index in [1.807, 2.05) is 24.3 Å². The van der Waals surface area contributed by atoms with Gasteiger partial charge in [-0.2, -0.15) is 0 Å². The molecule has 3 N–H and O–H groups in total. The summed E-state index contributed by atoms with van der Waals surface area (Å²) in [6, 6.07) is 11.6. The van der Waals surface area contributed by atoms with E-state index in [-0.39, 0.29) is 5.91 Å². The highest BCUT2D eigenvalue weighted by molar-refractivity contribution is 6.22. The van der Waals surface area contributed by atoms with E-state index >= 15 is 0 Å². The Labute approximate surface area is 176 Å². The summed E-state index contributed by atoms with van der Waals surface area (Å²) >= 11 is 0. The van der Waals surface area contributed by atoms with Gasteiger partial charge in [0.25, 0.3) is 5.91 Å². The number of ether oxygens (including phenoxy) is 1. The number of alkyl carbamates (subject to hydrolysis) is 1. The highest BCUT2D eigenvalue weighted by Crippen LogP contribution is 2.44. The van der Waals surface area contributed by atoms with Gasteiger partial charge in [0.1, 0.15) is 11.6 Å². The van der Waals surface area contributed by atoms with Crippen molar-refractivity contribution in [3.05, 3.63) is 48.0 Å². The van der Waals surface area contributed by atoms with Gasteiger partial charge in [-0.3, -0.25) is 9.59 Å². The zero-order valence-electron chi connectivity index (χ0n) is 17.9. The molecule has 1 heterocycles. The van der Waals surface area contributed by atoms with E-state index in [9.17, 15) is 14.4 Å². The van der Waals surface area contributed by atoms with Crippen LogP contribution in [0.2, 0.25) is 0 Å². The SMILES string of the molecule is C[C@H](NC(=O)OC(C)(C)C)C(=O)N1C(=O)[C@H](C)c2ccccc2-c2c(N)cccc21. The lowest BCUT2D eigenvalue weighted by atomic mass is 9.92. The van der Waals surface area contributed by atoms with Crippen LogP contribution in [0.4, 0.5) is 16.2 Å². The molecule has 0 unspecified atom stereocenters. The van der Waals surface area contributed by atoms with Crippen molar-refractivity contribution in [1.82, 2.24) is 5.32 Å². The Morgan fingerprint density at radius 1 is 1.13 bits per heavy atom. The van der Waals surface area contributed by atoms with Crippen molar-refractivity contribution in [3.63, 3.8) is 0 Å². The minimum atomic E-state index is -0.980. The number of amides is 3. The molecule has 7 heteroatoms. The molecule has 1 aliphatic heterocycles. The van der Waals surface area contributed by atoms with Crippen molar-refractivity contribution in [2.75, 3.05) is 10.6 Å². The maximum absolute atomic E-state index is 13.4. The van der Waals surface area contributed by atoms with E-state index in [1.165, 1.54) is 6.92 Å². The number of nitrogens with zero attached hydrogens (tertiary/aromatic N) is 1. The van der Waals surface area contributed by atoms with Gasteiger partial charge in [-0.25, -0.2) is 9.69 Å². The third-order valence-corrected chi connectivity index (χ3v) is 4.93. The fourth-order valence-corrected chi connectivity index (χ4v) is 3.55. The number of carbonyl (C=O) groups is 3. The van der Waals surface area contributed by atoms with Gasteiger partial charge in [0.2, 0.25) is 5.91 Å².